The van der Waals surface area contributed by atoms with Gasteiger partial charge in [0.25, 0.3) is 0 Å². The molecule has 3 amide bonds. The fourth-order valence-electron chi connectivity index (χ4n) is 9.00. The van der Waals surface area contributed by atoms with E-state index in [1.54, 1.807) is 9.80 Å². The van der Waals surface area contributed by atoms with Crippen LogP contribution in [0.15, 0.2) is 85.0 Å². The minimum absolute atomic E-state index is 0.0639. The van der Waals surface area contributed by atoms with Crippen molar-refractivity contribution in [3.63, 3.8) is 0 Å². The zero-order valence-electron chi connectivity index (χ0n) is 28.6. The molecule has 0 radical (unpaired) electrons. The lowest BCUT2D eigenvalue weighted by atomic mass is 9.72. The molecule has 47 heavy (non-hydrogen) atoms. The Balaban J connectivity index is 1.51. The smallest absolute Gasteiger partial charge is 0.249 e. The molecule has 6 rings (SSSR count). The zero-order chi connectivity index (χ0) is 33.8. The first-order chi connectivity index (χ1) is 22.3. The van der Waals surface area contributed by atoms with Crippen molar-refractivity contribution in [3.05, 3.63) is 96.1 Å². The van der Waals surface area contributed by atoms with Crippen LogP contribution in [0.3, 0.4) is 0 Å². The van der Waals surface area contributed by atoms with Crippen molar-refractivity contribution in [1.29, 1.82) is 0 Å². The van der Waals surface area contributed by atoms with Crippen LogP contribution in [0, 0.1) is 17.3 Å². The van der Waals surface area contributed by atoms with E-state index in [1.165, 1.54) is 0 Å². The maximum atomic E-state index is 15.2. The van der Waals surface area contributed by atoms with Crippen molar-refractivity contribution in [3.8, 4) is 0 Å². The summed E-state index contributed by atoms with van der Waals surface area (Å²) in [6.45, 7) is 13.4. The Hall–Kier alpha value is -3.75. The Labute approximate surface area is 279 Å². The molecule has 4 aliphatic heterocycles. The average Bonchev–Trinajstić information content (AvgIpc) is 3.31. The molecular weight excluding hydrogens is 590 g/mol. The molecule has 0 bridgehead atoms. The second kappa shape index (κ2) is 12.0. The molecule has 0 saturated carbocycles. The van der Waals surface area contributed by atoms with Gasteiger partial charge in [0.05, 0.1) is 30.1 Å². The molecule has 1 N–H and O–H groups in total. The number of likely N-dealkylation sites (tertiary alicyclic amines) is 1. The molecular formula is C39H49N3O5. The summed E-state index contributed by atoms with van der Waals surface area (Å²) in [5, 5.41) is 10.9. The number of aliphatic hydroxyl groups excluding tert-OH is 1. The maximum absolute atomic E-state index is 15.2. The quantitative estimate of drug-likeness (QED) is 0.397. The van der Waals surface area contributed by atoms with E-state index in [0.717, 1.165) is 17.5 Å². The summed E-state index contributed by atoms with van der Waals surface area (Å²) in [4.78, 5) is 50.3. The van der Waals surface area contributed by atoms with E-state index in [0.29, 0.717) is 26.1 Å². The number of benzene rings is 2. The summed E-state index contributed by atoms with van der Waals surface area (Å²) in [5.41, 5.74) is -1.37. The maximum Gasteiger partial charge on any atom is 0.249 e. The van der Waals surface area contributed by atoms with E-state index in [1.807, 2.05) is 96.8 Å². The van der Waals surface area contributed by atoms with Crippen LogP contribution < -0.4 is 0 Å². The Kier molecular flexibility index (Phi) is 8.50. The monoisotopic (exact) mass is 639 g/mol. The highest BCUT2D eigenvalue weighted by Gasteiger charge is 2.76. The molecule has 1 spiro atoms. The van der Waals surface area contributed by atoms with Crippen molar-refractivity contribution >= 4 is 17.7 Å². The fourth-order valence-corrected chi connectivity index (χ4v) is 9.00. The Morgan fingerprint density at radius 3 is 2.11 bits per heavy atom. The van der Waals surface area contributed by atoms with E-state index < -0.39 is 40.7 Å². The van der Waals surface area contributed by atoms with Crippen LogP contribution >= 0.6 is 0 Å². The van der Waals surface area contributed by atoms with Crippen molar-refractivity contribution in [2.24, 2.45) is 17.3 Å². The largest absolute Gasteiger partial charge is 0.394 e. The van der Waals surface area contributed by atoms with Gasteiger partial charge in [0.15, 0.2) is 0 Å². The second-order valence-electron chi connectivity index (χ2n) is 15.5. The number of hydrogen-bond acceptors (Lipinski definition) is 5. The third-order valence-electron chi connectivity index (χ3n) is 10.6. The van der Waals surface area contributed by atoms with Crippen molar-refractivity contribution in [1.82, 2.24) is 14.7 Å². The summed E-state index contributed by atoms with van der Waals surface area (Å²) < 4.78 is 7.20. The van der Waals surface area contributed by atoms with Gasteiger partial charge in [-0.2, -0.15) is 0 Å². The van der Waals surface area contributed by atoms with Gasteiger partial charge in [0.2, 0.25) is 17.7 Å². The highest BCUT2D eigenvalue weighted by atomic mass is 16.5. The summed E-state index contributed by atoms with van der Waals surface area (Å²) in [6, 6.07) is 17.3. The van der Waals surface area contributed by atoms with E-state index in [2.05, 4.69) is 34.6 Å². The topological polar surface area (TPSA) is 90.4 Å². The lowest BCUT2D eigenvalue weighted by molar-refractivity contribution is -0.160. The number of nitrogens with zero attached hydrogens (tertiary/aromatic N) is 3. The molecule has 4 aliphatic rings. The lowest BCUT2D eigenvalue weighted by Crippen LogP contribution is -2.60. The van der Waals surface area contributed by atoms with E-state index in [9.17, 15) is 9.90 Å². The van der Waals surface area contributed by atoms with Gasteiger partial charge >= 0.3 is 0 Å². The average molecular weight is 640 g/mol. The summed E-state index contributed by atoms with van der Waals surface area (Å²) in [7, 11) is 0. The third kappa shape index (κ3) is 5.53. The van der Waals surface area contributed by atoms with Crippen LogP contribution in [-0.2, 0) is 25.7 Å². The zero-order valence-corrected chi connectivity index (χ0v) is 28.6. The molecule has 2 saturated heterocycles. The van der Waals surface area contributed by atoms with Crippen molar-refractivity contribution in [2.75, 3.05) is 19.7 Å². The van der Waals surface area contributed by atoms with Crippen molar-refractivity contribution in [2.45, 2.75) is 89.8 Å². The molecule has 8 nitrogen and oxygen atoms in total. The first kappa shape index (κ1) is 33.2. The molecule has 0 aromatic heterocycles. The lowest BCUT2D eigenvalue weighted by Gasteiger charge is -2.46. The number of rotatable bonds is 8. The molecule has 0 aliphatic carbocycles. The van der Waals surface area contributed by atoms with Crippen LogP contribution in [0.25, 0.3) is 0 Å². The minimum atomic E-state index is -1.40. The van der Waals surface area contributed by atoms with Gasteiger partial charge in [-0.3, -0.25) is 14.4 Å². The molecule has 2 fully saturated rings. The Morgan fingerprint density at radius 2 is 1.49 bits per heavy atom. The second-order valence-corrected chi connectivity index (χ2v) is 15.5. The third-order valence-corrected chi connectivity index (χ3v) is 10.6. The number of carbonyl (C=O) groups is 3. The summed E-state index contributed by atoms with van der Waals surface area (Å²) in [5.74, 6) is -2.53. The SMILES string of the molecule is CC[C@@]12C=CCN(Cc3ccccc3)C(=O)[C@@H]1[C@H]1C(=O)N([C@H](CO)c3ccccc3)C3C(=O)N(C(C)(C)CC(C)(C)C)CC=C[C@@]31O2. The van der Waals surface area contributed by atoms with Gasteiger partial charge in [-0.05, 0) is 43.2 Å². The molecule has 1 unspecified atom stereocenters. The molecule has 4 heterocycles. The number of aliphatic hydroxyl groups is 1. The van der Waals surface area contributed by atoms with Crippen LogP contribution in [0.2, 0.25) is 0 Å². The van der Waals surface area contributed by atoms with Gasteiger partial charge < -0.3 is 24.5 Å². The van der Waals surface area contributed by atoms with Crippen LogP contribution in [0.5, 0.6) is 0 Å². The highest BCUT2D eigenvalue weighted by molar-refractivity contribution is 6.00. The van der Waals surface area contributed by atoms with Crippen LogP contribution in [-0.4, -0.2) is 80.0 Å². The normalized spacial score (nSPS) is 29.8. The fraction of sp³-hybridized carbons (Fsp3) is 0.513. The van der Waals surface area contributed by atoms with E-state index >= 15 is 9.59 Å². The molecule has 2 aromatic rings. The molecule has 2 aromatic carbocycles. The van der Waals surface area contributed by atoms with E-state index in [4.69, 9.17) is 4.74 Å². The molecule has 6 atom stereocenters. The number of carbonyl (C=O) groups excluding carboxylic acids is 3. The van der Waals surface area contributed by atoms with Gasteiger partial charge in [0.1, 0.15) is 11.6 Å². The summed E-state index contributed by atoms with van der Waals surface area (Å²) in [6.07, 6.45) is 8.98. The van der Waals surface area contributed by atoms with Gasteiger partial charge in [-0.15, -0.1) is 0 Å². The van der Waals surface area contributed by atoms with Gasteiger partial charge in [-0.25, -0.2) is 0 Å². The number of fused-ring (bicyclic) bond motifs is 2. The van der Waals surface area contributed by atoms with E-state index in [-0.39, 0.29) is 29.7 Å². The van der Waals surface area contributed by atoms with Gasteiger partial charge in [0, 0.05) is 25.2 Å². The van der Waals surface area contributed by atoms with Crippen LogP contribution in [0.1, 0.15) is 71.6 Å². The molecule has 8 heteroatoms. The predicted molar refractivity (Wildman–Crippen MR) is 181 cm³/mol. The number of ether oxygens (including phenoxy) is 1. The van der Waals surface area contributed by atoms with Crippen LogP contribution in [0.4, 0.5) is 0 Å². The minimum Gasteiger partial charge on any atom is -0.394 e. The highest BCUT2D eigenvalue weighted by Crippen LogP contribution is 2.60. The molecule has 250 valence electrons. The van der Waals surface area contributed by atoms with Gasteiger partial charge in [-0.1, -0.05) is 113 Å². The number of amides is 3. The Bertz CT molecular complexity index is 1560. The predicted octanol–water partition coefficient (Wildman–Crippen LogP) is 5.29. The summed E-state index contributed by atoms with van der Waals surface area (Å²) >= 11 is 0. The van der Waals surface area contributed by atoms with Crippen molar-refractivity contribution < 1.29 is 24.2 Å². The Morgan fingerprint density at radius 1 is 0.851 bits per heavy atom. The first-order valence-electron chi connectivity index (χ1n) is 17.0. The first-order valence-corrected chi connectivity index (χ1v) is 17.0. The standard InChI is InChI=1S/C39H49N3O5/c1-7-38-20-14-22-40(24-27-16-10-8-11-17-27)33(44)30(38)31-34(45)42(29(25-43)28-18-12-9-13-19-28)32-35(46)41(23-15-21-39(31,32)47-38)37(5,6)26-36(2,3)4/h8-21,29-32,43H,7,22-26H2,1-6H3/t29-,30+,31+,32?,38-,39+/m1/s1. The number of hydrogen-bond donors (Lipinski definition) is 1.